The molecule has 112 valence electrons. The summed E-state index contributed by atoms with van der Waals surface area (Å²) in [6.07, 6.45) is 7.74. The summed E-state index contributed by atoms with van der Waals surface area (Å²) in [7, 11) is 0. The average molecular weight is 278 g/mol. The van der Waals surface area contributed by atoms with Crippen LogP contribution in [0.5, 0.6) is 0 Å². The van der Waals surface area contributed by atoms with E-state index in [0.29, 0.717) is 11.8 Å². The maximum atomic E-state index is 11.7. The minimum Gasteiger partial charge on any atom is -0.339 e. The van der Waals surface area contributed by atoms with Crippen LogP contribution in [0.2, 0.25) is 0 Å². The quantitative estimate of drug-likeness (QED) is 0.791. The van der Waals surface area contributed by atoms with E-state index in [9.17, 15) is 4.79 Å². The Labute approximate surface area is 121 Å². The van der Waals surface area contributed by atoms with Crippen LogP contribution in [-0.2, 0) is 11.2 Å². The number of rotatable bonds is 6. The van der Waals surface area contributed by atoms with Crippen molar-refractivity contribution >= 4 is 5.78 Å². The van der Waals surface area contributed by atoms with E-state index in [1.165, 1.54) is 25.7 Å². The number of hydrogen-bond acceptors (Lipinski definition) is 4. The zero-order chi connectivity index (χ0) is 14.5. The van der Waals surface area contributed by atoms with Crippen molar-refractivity contribution in [2.24, 2.45) is 11.8 Å². The van der Waals surface area contributed by atoms with Crippen LogP contribution in [0.1, 0.15) is 76.9 Å². The van der Waals surface area contributed by atoms with E-state index in [0.717, 1.165) is 24.6 Å². The van der Waals surface area contributed by atoms with E-state index in [1.807, 2.05) is 13.8 Å². The van der Waals surface area contributed by atoms with E-state index >= 15 is 0 Å². The zero-order valence-electron chi connectivity index (χ0n) is 12.9. The molecule has 20 heavy (non-hydrogen) atoms. The molecular formula is C16H26N2O2. The van der Waals surface area contributed by atoms with Gasteiger partial charge in [0, 0.05) is 11.8 Å². The van der Waals surface area contributed by atoms with Crippen LogP contribution < -0.4 is 0 Å². The van der Waals surface area contributed by atoms with E-state index in [4.69, 9.17) is 4.52 Å². The van der Waals surface area contributed by atoms with Gasteiger partial charge >= 0.3 is 0 Å². The second-order valence-electron chi connectivity index (χ2n) is 6.35. The van der Waals surface area contributed by atoms with Crippen LogP contribution in [0.3, 0.4) is 0 Å². The molecule has 0 amide bonds. The van der Waals surface area contributed by atoms with Gasteiger partial charge in [-0.25, -0.2) is 0 Å². The van der Waals surface area contributed by atoms with Gasteiger partial charge in [-0.1, -0.05) is 38.8 Å². The maximum Gasteiger partial charge on any atom is 0.234 e. The van der Waals surface area contributed by atoms with E-state index in [-0.39, 0.29) is 18.1 Å². The Morgan fingerprint density at radius 2 is 2.00 bits per heavy atom. The molecule has 2 rings (SSSR count). The van der Waals surface area contributed by atoms with Gasteiger partial charge in [-0.2, -0.15) is 4.98 Å². The number of hydrogen-bond donors (Lipinski definition) is 0. The van der Waals surface area contributed by atoms with Gasteiger partial charge in [0.25, 0.3) is 0 Å². The summed E-state index contributed by atoms with van der Waals surface area (Å²) < 4.78 is 5.23. The molecule has 1 fully saturated rings. The van der Waals surface area contributed by atoms with Gasteiger partial charge < -0.3 is 4.52 Å². The molecule has 1 heterocycles. The second-order valence-corrected chi connectivity index (χ2v) is 6.35. The van der Waals surface area contributed by atoms with Gasteiger partial charge in [0.15, 0.2) is 5.82 Å². The highest BCUT2D eigenvalue weighted by Gasteiger charge is 2.26. The maximum absolute atomic E-state index is 11.7. The fraction of sp³-hybridized carbons (Fsp3) is 0.812. The minimum absolute atomic E-state index is 0.0230. The normalized spacial score (nSPS) is 23.2. The molecule has 1 aromatic rings. The van der Waals surface area contributed by atoms with E-state index < -0.39 is 0 Å². The molecule has 0 spiro atoms. The number of Topliss-reactive ketones (excluding diaryl/α,β-unsaturated/α-hetero) is 1. The number of ketones is 1. The summed E-state index contributed by atoms with van der Waals surface area (Å²) in [4.78, 5) is 16.1. The van der Waals surface area contributed by atoms with Crippen molar-refractivity contribution in [1.82, 2.24) is 10.1 Å². The molecule has 1 aliphatic carbocycles. The smallest absolute Gasteiger partial charge is 0.234 e. The lowest BCUT2D eigenvalue weighted by molar-refractivity contribution is -0.121. The molecule has 0 atom stereocenters. The molecule has 0 unspecified atom stereocenters. The molecule has 0 saturated heterocycles. The van der Waals surface area contributed by atoms with Crippen molar-refractivity contribution in [3.63, 3.8) is 0 Å². The predicted octanol–water partition coefficient (Wildman–Crippen LogP) is 3.91. The van der Waals surface area contributed by atoms with Crippen LogP contribution in [0.4, 0.5) is 0 Å². The standard InChI is InChI=1S/C16H26N2O2/c1-4-5-12-6-8-13(9-7-12)16-17-15(20-18-16)10-14(19)11(2)3/h11-13H,4-10H2,1-3H3. The van der Waals surface area contributed by atoms with Gasteiger partial charge in [-0.05, 0) is 31.6 Å². The van der Waals surface area contributed by atoms with Crippen LogP contribution in [-0.4, -0.2) is 15.9 Å². The molecule has 0 bridgehead atoms. The zero-order valence-corrected chi connectivity index (χ0v) is 12.9. The molecule has 4 nitrogen and oxygen atoms in total. The van der Waals surface area contributed by atoms with Crippen LogP contribution in [0.25, 0.3) is 0 Å². The van der Waals surface area contributed by atoms with Crippen LogP contribution >= 0.6 is 0 Å². The van der Waals surface area contributed by atoms with Crippen molar-refractivity contribution in [2.45, 2.75) is 71.6 Å². The number of aromatic nitrogens is 2. The van der Waals surface area contributed by atoms with Crippen molar-refractivity contribution < 1.29 is 9.32 Å². The summed E-state index contributed by atoms with van der Waals surface area (Å²) >= 11 is 0. The molecule has 0 radical (unpaired) electrons. The van der Waals surface area contributed by atoms with Gasteiger partial charge in [-0.15, -0.1) is 0 Å². The number of carbonyl (C=O) groups excluding carboxylic acids is 1. The molecule has 1 saturated carbocycles. The fourth-order valence-corrected chi connectivity index (χ4v) is 2.98. The molecule has 1 aromatic heterocycles. The third kappa shape index (κ3) is 3.90. The van der Waals surface area contributed by atoms with Gasteiger partial charge in [0.1, 0.15) is 5.78 Å². The second kappa shape index (κ2) is 7.00. The largest absolute Gasteiger partial charge is 0.339 e. The summed E-state index contributed by atoms with van der Waals surface area (Å²) in [5.74, 6) is 2.78. The summed E-state index contributed by atoms with van der Waals surface area (Å²) in [6, 6.07) is 0. The Morgan fingerprint density at radius 3 is 2.60 bits per heavy atom. The summed E-state index contributed by atoms with van der Waals surface area (Å²) in [5.41, 5.74) is 0. The Balaban J connectivity index is 1.88. The lowest BCUT2D eigenvalue weighted by Gasteiger charge is -2.26. The average Bonchev–Trinajstić information content (AvgIpc) is 2.88. The fourth-order valence-electron chi connectivity index (χ4n) is 2.98. The van der Waals surface area contributed by atoms with Crippen LogP contribution in [0.15, 0.2) is 4.52 Å². The Kier molecular flexibility index (Phi) is 5.32. The highest BCUT2D eigenvalue weighted by Crippen LogP contribution is 2.36. The molecule has 4 heteroatoms. The molecular weight excluding hydrogens is 252 g/mol. The lowest BCUT2D eigenvalue weighted by Crippen LogP contribution is -2.14. The van der Waals surface area contributed by atoms with Gasteiger partial charge in [-0.3, -0.25) is 4.79 Å². The summed E-state index contributed by atoms with van der Waals surface area (Å²) in [6.45, 7) is 6.05. The van der Waals surface area contributed by atoms with E-state index in [1.54, 1.807) is 0 Å². The molecule has 0 aromatic carbocycles. The van der Waals surface area contributed by atoms with Crippen LogP contribution in [0, 0.1) is 11.8 Å². The third-order valence-corrected chi connectivity index (χ3v) is 4.36. The molecule has 0 aliphatic heterocycles. The highest BCUT2D eigenvalue weighted by molar-refractivity contribution is 5.81. The Bertz CT molecular complexity index is 431. The highest BCUT2D eigenvalue weighted by atomic mass is 16.5. The van der Waals surface area contributed by atoms with Crippen molar-refractivity contribution in [3.05, 3.63) is 11.7 Å². The van der Waals surface area contributed by atoms with E-state index in [2.05, 4.69) is 17.1 Å². The SMILES string of the molecule is CCCC1CCC(c2noc(CC(=O)C(C)C)n2)CC1. The Hall–Kier alpha value is -1.19. The first-order valence-corrected chi connectivity index (χ1v) is 7.95. The Morgan fingerprint density at radius 1 is 1.30 bits per heavy atom. The van der Waals surface area contributed by atoms with Crippen molar-refractivity contribution in [3.8, 4) is 0 Å². The monoisotopic (exact) mass is 278 g/mol. The molecule has 1 aliphatic rings. The summed E-state index contributed by atoms with van der Waals surface area (Å²) in [5, 5.41) is 4.08. The topological polar surface area (TPSA) is 56.0 Å². The van der Waals surface area contributed by atoms with Crippen molar-refractivity contribution in [1.29, 1.82) is 0 Å². The predicted molar refractivity (Wildman–Crippen MR) is 77.5 cm³/mol. The third-order valence-electron chi connectivity index (χ3n) is 4.36. The number of carbonyl (C=O) groups is 1. The first-order chi connectivity index (χ1) is 9.60. The van der Waals surface area contributed by atoms with Gasteiger partial charge in [0.05, 0.1) is 6.42 Å². The lowest BCUT2D eigenvalue weighted by atomic mass is 9.80. The van der Waals surface area contributed by atoms with Gasteiger partial charge in [0.2, 0.25) is 5.89 Å². The van der Waals surface area contributed by atoms with Crippen molar-refractivity contribution in [2.75, 3.05) is 0 Å². The first kappa shape index (κ1) is 15.2. The number of nitrogens with zero attached hydrogens (tertiary/aromatic N) is 2. The minimum atomic E-state index is 0.0230. The first-order valence-electron chi connectivity index (χ1n) is 7.95. The molecule has 0 N–H and O–H groups in total.